The lowest BCUT2D eigenvalue weighted by Gasteiger charge is -2.22. The molecule has 0 aliphatic carbocycles. The molecule has 14 heavy (non-hydrogen) atoms. The first-order valence-corrected chi connectivity index (χ1v) is 4.70. The van der Waals surface area contributed by atoms with Gasteiger partial charge in [0.15, 0.2) is 0 Å². The lowest BCUT2D eigenvalue weighted by atomic mass is 10.1. The molecule has 0 aromatic carbocycles. The fraction of sp³-hybridized carbons (Fsp3) is 0.778. The van der Waals surface area contributed by atoms with Crippen LogP contribution in [-0.4, -0.2) is 41.5 Å². The van der Waals surface area contributed by atoms with Crippen molar-refractivity contribution >= 4 is 11.9 Å². The van der Waals surface area contributed by atoms with E-state index in [1.807, 2.05) is 6.92 Å². The number of carboxylic acids is 1. The van der Waals surface area contributed by atoms with E-state index in [9.17, 15) is 9.59 Å². The second kappa shape index (κ2) is 6.37. The Bertz CT molecular complexity index is 206. The van der Waals surface area contributed by atoms with Gasteiger partial charge in [-0.3, -0.25) is 14.5 Å². The number of aliphatic carboxylic acids is 1. The van der Waals surface area contributed by atoms with Crippen LogP contribution in [0.15, 0.2) is 0 Å². The van der Waals surface area contributed by atoms with Crippen LogP contribution in [0.3, 0.4) is 0 Å². The first-order valence-electron chi connectivity index (χ1n) is 4.70. The Balaban J connectivity index is 4.18. The Labute approximate surface area is 83.9 Å². The predicted molar refractivity (Wildman–Crippen MR) is 52.8 cm³/mol. The van der Waals surface area contributed by atoms with Gasteiger partial charge in [0.25, 0.3) is 0 Å². The Kier molecular flexibility index (Phi) is 5.87. The molecule has 0 aliphatic heterocycles. The molecule has 0 aliphatic rings. The van der Waals surface area contributed by atoms with Crippen LogP contribution in [0.4, 0.5) is 0 Å². The number of unbranched alkanes of at least 4 members (excludes halogenated alkanes) is 1. The summed E-state index contributed by atoms with van der Waals surface area (Å²) in [6, 6.07) is -0.609. The maximum Gasteiger partial charge on any atom is 0.320 e. The van der Waals surface area contributed by atoms with Crippen molar-refractivity contribution in [3.63, 3.8) is 0 Å². The van der Waals surface area contributed by atoms with Gasteiger partial charge in [-0.15, -0.1) is 0 Å². The van der Waals surface area contributed by atoms with Crippen LogP contribution in [0.1, 0.15) is 26.2 Å². The number of rotatable bonds is 7. The van der Waals surface area contributed by atoms with Gasteiger partial charge in [-0.05, 0) is 13.5 Å². The van der Waals surface area contributed by atoms with Crippen molar-refractivity contribution in [3.05, 3.63) is 0 Å². The molecule has 0 fully saturated rings. The third kappa shape index (κ3) is 4.81. The van der Waals surface area contributed by atoms with Gasteiger partial charge in [-0.2, -0.15) is 0 Å². The third-order valence-corrected chi connectivity index (χ3v) is 2.05. The zero-order valence-corrected chi connectivity index (χ0v) is 8.69. The van der Waals surface area contributed by atoms with Gasteiger partial charge < -0.3 is 10.8 Å². The quantitative estimate of drug-likeness (QED) is 0.611. The topological polar surface area (TPSA) is 83.6 Å². The molecule has 0 aromatic heterocycles. The van der Waals surface area contributed by atoms with Crippen molar-refractivity contribution in [2.24, 2.45) is 5.73 Å². The number of nitrogens with two attached hydrogens (primary N) is 1. The lowest BCUT2D eigenvalue weighted by molar-refractivity contribution is -0.143. The smallest absolute Gasteiger partial charge is 0.320 e. The number of primary amides is 1. The third-order valence-electron chi connectivity index (χ3n) is 2.05. The van der Waals surface area contributed by atoms with E-state index >= 15 is 0 Å². The van der Waals surface area contributed by atoms with E-state index in [1.165, 1.54) is 4.90 Å². The van der Waals surface area contributed by atoms with Crippen LogP contribution in [0.2, 0.25) is 0 Å². The molecule has 1 unspecified atom stereocenters. The summed E-state index contributed by atoms with van der Waals surface area (Å²) in [5.41, 5.74) is 4.99. The average molecular weight is 202 g/mol. The standard InChI is InChI=1S/C9H18N2O3/c1-3-4-5-7(9(13)14)11(2)6-8(10)12/h7H,3-6H2,1-2H3,(H2,10,12)(H,13,14). The molecule has 0 saturated heterocycles. The van der Waals surface area contributed by atoms with Crippen molar-refractivity contribution in [3.8, 4) is 0 Å². The number of carboxylic acid groups (broad SMARTS) is 1. The van der Waals surface area contributed by atoms with Gasteiger partial charge in [0, 0.05) is 0 Å². The highest BCUT2D eigenvalue weighted by atomic mass is 16.4. The molecule has 0 rings (SSSR count). The van der Waals surface area contributed by atoms with Gasteiger partial charge in [0.05, 0.1) is 6.54 Å². The zero-order chi connectivity index (χ0) is 11.1. The first-order chi connectivity index (χ1) is 6.49. The summed E-state index contributed by atoms with van der Waals surface area (Å²) in [6.45, 7) is 1.98. The number of carbonyl (C=O) groups is 2. The molecule has 0 aromatic rings. The summed E-state index contributed by atoms with van der Waals surface area (Å²) < 4.78 is 0. The minimum absolute atomic E-state index is 0.0132. The van der Waals surface area contributed by atoms with E-state index in [4.69, 9.17) is 10.8 Å². The van der Waals surface area contributed by atoms with Crippen molar-refractivity contribution < 1.29 is 14.7 Å². The summed E-state index contributed by atoms with van der Waals surface area (Å²) in [5.74, 6) is -1.41. The van der Waals surface area contributed by atoms with Gasteiger partial charge in [-0.25, -0.2) is 0 Å². The summed E-state index contributed by atoms with van der Waals surface area (Å²) in [7, 11) is 1.60. The van der Waals surface area contributed by atoms with Crippen LogP contribution >= 0.6 is 0 Å². The summed E-state index contributed by atoms with van der Waals surface area (Å²) in [6.07, 6.45) is 2.32. The van der Waals surface area contributed by atoms with Crippen LogP contribution in [0, 0.1) is 0 Å². The monoisotopic (exact) mass is 202 g/mol. The average Bonchev–Trinajstić information content (AvgIpc) is 2.02. The Morgan fingerprint density at radius 1 is 1.50 bits per heavy atom. The minimum atomic E-state index is -0.901. The highest BCUT2D eigenvalue weighted by Crippen LogP contribution is 2.07. The molecule has 0 saturated carbocycles. The number of hydrogen-bond acceptors (Lipinski definition) is 3. The van der Waals surface area contributed by atoms with E-state index in [0.29, 0.717) is 6.42 Å². The van der Waals surface area contributed by atoms with Crippen LogP contribution in [0.25, 0.3) is 0 Å². The Morgan fingerprint density at radius 3 is 2.43 bits per heavy atom. The fourth-order valence-electron chi connectivity index (χ4n) is 1.29. The summed E-state index contributed by atoms with van der Waals surface area (Å²) >= 11 is 0. The molecule has 1 amide bonds. The van der Waals surface area contributed by atoms with Gasteiger partial charge >= 0.3 is 5.97 Å². The summed E-state index contributed by atoms with van der Waals surface area (Å²) in [4.78, 5) is 22.9. The number of hydrogen-bond donors (Lipinski definition) is 2. The van der Waals surface area contributed by atoms with E-state index in [-0.39, 0.29) is 6.54 Å². The molecule has 3 N–H and O–H groups in total. The molecule has 0 bridgehead atoms. The molecule has 0 spiro atoms. The van der Waals surface area contributed by atoms with Crippen molar-refractivity contribution in [1.82, 2.24) is 4.90 Å². The van der Waals surface area contributed by atoms with Crippen LogP contribution in [0.5, 0.6) is 0 Å². The van der Waals surface area contributed by atoms with Crippen LogP contribution in [-0.2, 0) is 9.59 Å². The molecule has 5 heteroatoms. The van der Waals surface area contributed by atoms with Gasteiger partial charge in [0.1, 0.15) is 6.04 Å². The van der Waals surface area contributed by atoms with Crippen molar-refractivity contribution in [2.75, 3.05) is 13.6 Å². The molecule has 82 valence electrons. The normalized spacial score (nSPS) is 12.8. The maximum absolute atomic E-state index is 10.8. The van der Waals surface area contributed by atoms with Crippen molar-refractivity contribution in [1.29, 1.82) is 0 Å². The summed E-state index contributed by atoms with van der Waals surface area (Å²) in [5, 5.41) is 8.89. The largest absolute Gasteiger partial charge is 0.480 e. The van der Waals surface area contributed by atoms with Gasteiger partial charge in [-0.1, -0.05) is 19.8 Å². The second-order valence-corrected chi connectivity index (χ2v) is 3.38. The predicted octanol–water partition coefficient (Wildman–Crippen LogP) is 0.0469. The SMILES string of the molecule is CCCCC(C(=O)O)N(C)CC(N)=O. The van der Waals surface area contributed by atoms with E-state index in [0.717, 1.165) is 12.8 Å². The first kappa shape index (κ1) is 12.9. The molecule has 0 radical (unpaired) electrons. The molecule has 1 atom stereocenters. The fourth-order valence-corrected chi connectivity index (χ4v) is 1.29. The maximum atomic E-state index is 10.8. The van der Waals surface area contributed by atoms with Crippen molar-refractivity contribution in [2.45, 2.75) is 32.2 Å². The number of nitrogens with zero attached hydrogens (tertiary/aromatic N) is 1. The molecule has 0 heterocycles. The molecular weight excluding hydrogens is 184 g/mol. The number of likely N-dealkylation sites (N-methyl/N-ethyl adjacent to an activating group) is 1. The highest BCUT2D eigenvalue weighted by Gasteiger charge is 2.22. The minimum Gasteiger partial charge on any atom is -0.480 e. The van der Waals surface area contributed by atoms with E-state index in [2.05, 4.69) is 0 Å². The highest BCUT2D eigenvalue weighted by molar-refractivity contribution is 5.78. The zero-order valence-electron chi connectivity index (χ0n) is 8.69. The van der Waals surface area contributed by atoms with E-state index in [1.54, 1.807) is 7.05 Å². The molecular formula is C9H18N2O3. The van der Waals surface area contributed by atoms with E-state index < -0.39 is 17.9 Å². The lowest BCUT2D eigenvalue weighted by Crippen LogP contribution is -2.42. The Hall–Kier alpha value is -1.10. The Morgan fingerprint density at radius 2 is 2.07 bits per heavy atom. The molecule has 5 nitrogen and oxygen atoms in total. The second-order valence-electron chi connectivity index (χ2n) is 3.38. The van der Waals surface area contributed by atoms with Gasteiger partial charge in [0.2, 0.25) is 5.91 Å². The number of carbonyl (C=O) groups excluding carboxylic acids is 1. The number of amides is 1. The van der Waals surface area contributed by atoms with Crippen LogP contribution < -0.4 is 5.73 Å².